The number of nitrogens with zero attached hydrogens (tertiary/aromatic N) is 2. The first kappa shape index (κ1) is 11.7. The Labute approximate surface area is 90.3 Å². The molecule has 0 radical (unpaired) electrons. The van der Waals surface area contributed by atoms with Crippen LogP contribution in [-0.4, -0.2) is 33.8 Å². The number of aryl methyl sites for hydroxylation is 1. The van der Waals surface area contributed by atoms with Gasteiger partial charge in [-0.25, -0.2) is 0 Å². The Morgan fingerprint density at radius 2 is 1.87 bits per heavy atom. The monoisotopic (exact) mass is 226 g/mol. The van der Waals surface area contributed by atoms with E-state index in [4.69, 9.17) is 0 Å². The van der Waals surface area contributed by atoms with Crippen LogP contribution in [0.15, 0.2) is 33.6 Å². The average Bonchev–Trinajstić information content (AvgIpc) is 2.15. The summed E-state index contributed by atoms with van der Waals surface area (Å²) in [6.07, 6.45) is 1.28. The van der Waals surface area contributed by atoms with E-state index in [1.807, 2.05) is 0 Å². The molecule has 0 fully saturated rings. The maximum atomic E-state index is 11.7. The minimum Gasteiger partial charge on any atom is -0.368 e. The smallest absolute Gasteiger partial charge is 0.283 e. The zero-order valence-corrected chi connectivity index (χ0v) is 9.82. The molecular weight excluding hydrogens is 212 g/mol. The highest BCUT2D eigenvalue weighted by Crippen LogP contribution is 2.16. The third kappa shape index (κ3) is 3.06. The minimum atomic E-state index is -3.56. The van der Waals surface area contributed by atoms with E-state index in [0.29, 0.717) is 5.56 Å². The predicted molar refractivity (Wildman–Crippen MR) is 60.5 cm³/mol. The largest absolute Gasteiger partial charge is 0.368 e. The van der Waals surface area contributed by atoms with Crippen molar-refractivity contribution in [3.05, 3.63) is 29.8 Å². The third-order valence-electron chi connectivity index (χ3n) is 1.79. The predicted octanol–water partition coefficient (Wildman–Crippen LogP) is 1.27. The molecule has 0 amide bonds. The van der Waals surface area contributed by atoms with Crippen molar-refractivity contribution in [3.63, 3.8) is 0 Å². The van der Waals surface area contributed by atoms with Crippen LogP contribution in [0.2, 0.25) is 0 Å². The van der Waals surface area contributed by atoms with Crippen molar-refractivity contribution in [1.82, 2.24) is 4.90 Å². The molecule has 1 aromatic rings. The van der Waals surface area contributed by atoms with Crippen LogP contribution >= 0.6 is 0 Å². The molecule has 0 heterocycles. The first-order chi connectivity index (χ1) is 6.93. The van der Waals surface area contributed by atoms with Gasteiger partial charge in [-0.3, -0.25) is 0 Å². The fraction of sp³-hybridized carbons (Fsp3) is 0.300. The Kier molecular flexibility index (Phi) is 3.47. The summed E-state index contributed by atoms with van der Waals surface area (Å²) in [7, 11) is -0.120. The molecule has 0 N–H and O–H groups in total. The van der Waals surface area contributed by atoms with Gasteiger partial charge in [-0.1, -0.05) is 18.2 Å². The Bertz CT molecular complexity index is 464. The number of hydrogen-bond acceptors (Lipinski definition) is 2. The Morgan fingerprint density at radius 1 is 1.27 bits per heavy atom. The van der Waals surface area contributed by atoms with Crippen LogP contribution < -0.4 is 0 Å². The van der Waals surface area contributed by atoms with E-state index in [-0.39, 0.29) is 4.90 Å². The summed E-state index contributed by atoms with van der Waals surface area (Å²) in [5.41, 5.74) is 0.702. The van der Waals surface area contributed by atoms with Gasteiger partial charge in [0.2, 0.25) is 0 Å². The summed E-state index contributed by atoms with van der Waals surface area (Å²) in [6, 6.07) is 6.78. The van der Waals surface area contributed by atoms with Crippen molar-refractivity contribution >= 4 is 16.4 Å². The molecule has 5 heteroatoms. The van der Waals surface area contributed by atoms with E-state index in [9.17, 15) is 8.42 Å². The quantitative estimate of drug-likeness (QED) is 0.576. The Balaban J connectivity index is 3.13. The van der Waals surface area contributed by atoms with Crippen LogP contribution in [-0.2, 0) is 10.0 Å². The maximum Gasteiger partial charge on any atom is 0.283 e. The first-order valence-corrected chi connectivity index (χ1v) is 5.90. The van der Waals surface area contributed by atoms with Crippen molar-refractivity contribution in [3.8, 4) is 0 Å². The molecule has 1 aromatic carbocycles. The van der Waals surface area contributed by atoms with Crippen LogP contribution in [0.1, 0.15) is 5.56 Å². The van der Waals surface area contributed by atoms with Gasteiger partial charge in [0.25, 0.3) is 10.0 Å². The molecule has 0 bridgehead atoms. The van der Waals surface area contributed by atoms with Crippen molar-refractivity contribution in [1.29, 1.82) is 0 Å². The normalized spacial score (nSPS) is 11.9. The highest BCUT2D eigenvalue weighted by Gasteiger charge is 2.13. The van der Waals surface area contributed by atoms with E-state index < -0.39 is 10.0 Å². The molecule has 0 saturated carbocycles. The van der Waals surface area contributed by atoms with Crippen molar-refractivity contribution in [2.75, 3.05) is 14.1 Å². The van der Waals surface area contributed by atoms with Crippen molar-refractivity contribution in [2.45, 2.75) is 11.8 Å². The van der Waals surface area contributed by atoms with E-state index in [2.05, 4.69) is 4.40 Å². The first-order valence-electron chi connectivity index (χ1n) is 4.46. The zero-order chi connectivity index (χ0) is 11.5. The van der Waals surface area contributed by atoms with Crippen LogP contribution in [0.3, 0.4) is 0 Å². The number of sulfonamides is 1. The third-order valence-corrected chi connectivity index (χ3v) is 3.17. The molecule has 1 rings (SSSR count). The van der Waals surface area contributed by atoms with Gasteiger partial charge in [-0.05, 0) is 18.6 Å². The molecule has 0 aliphatic heterocycles. The lowest BCUT2D eigenvalue weighted by Gasteiger charge is -2.04. The highest BCUT2D eigenvalue weighted by atomic mass is 32.2. The van der Waals surface area contributed by atoms with E-state index in [0.717, 1.165) is 0 Å². The van der Waals surface area contributed by atoms with E-state index in [1.165, 1.54) is 6.34 Å². The van der Waals surface area contributed by atoms with Crippen molar-refractivity contribution in [2.24, 2.45) is 4.40 Å². The summed E-state index contributed by atoms with van der Waals surface area (Å²) in [5.74, 6) is 0. The second-order valence-corrected chi connectivity index (χ2v) is 5.03. The molecule has 0 aliphatic carbocycles. The fourth-order valence-electron chi connectivity index (χ4n) is 1.06. The minimum absolute atomic E-state index is 0.253. The summed E-state index contributed by atoms with van der Waals surface area (Å²) < 4.78 is 27.0. The summed E-state index contributed by atoms with van der Waals surface area (Å²) in [4.78, 5) is 1.83. The average molecular weight is 226 g/mol. The van der Waals surface area contributed by atoms with E-state index in [1.54, 1.807) is 50.2 Å². The van der Waals surface area contributed by atoms with Crippen LogP contribution in [0.5, 0.6) is 0 Å². The van der Waals surface area contributed by atoms with Gasteiger partial charge in [0, 0.05) is 14.1 Å². The number of benzene rings is 1. The van der Waals surface area contributed by atoms with Crippen LogP contribution in [0.4, 0.5) is 0 Å². The lowest BCUT2D eigenvalue weighted by atomic mass is 10.2. The fourth-order valence-corrected chi connectivity index (χ4v) is 2.21. The SMILES string of the molecule is Cc1ccccc1S(=O)(=O)N=CN(C)C. The Morgan fingerprint density at radius 3 is 2.40 bits per heavy atom. The van der Waals surface area contributed by atoms with Crippen LogP contribution in [0.25, 0.3) is 0 Å². The molecule has 15 heavy (non-hydrogen) atoms. The van der Waals surface area contributed by atoms with Crippen molar-refractivity contribution < 1.29 is 8.42 Å². The van der Waals surface area contributed by atoms with E-state index >= 15 is 0 Å². The van der Waals surface area contributed by atoms with Gasteiger partial charge < -0.3 is 4.90 Å². The molecule has 0 atom stereocenters. The molecule has 0 unspecified atom stereocenters. The number of hydrogen-bond donors (Lipinski definition) is 0. The molecule has 0 spiro atoms. The standard InChI is InChI=1S/C10H14N2O2S/c1-9-6-4-5-7-10(9)15(13,14)11-8-12(2)3/h4-8H,1-3H3. The highest BCUT2D eigenvalue weighted by molar-refractivity contribution is 7.90. The van der Waals surface area contributed by atoms with Gasteiger partial charge >= 0.3 is 0 Å². The summed E-state index contributed by atoms with van der Waals surface area (Å²) in [5, 5.41) is 0. The molecule has 0 saturated heterocycles. The number of rotatable bonds is 3. The van der Waals surface area contributed by atoms with Gasteiger partial charge in [0.15, 0.2) is 0 Å². The lowest BCUT2D eigenvalue weighted by Crippen LogP contribution is -2.10. The second kappa shape index (κ2) is 4.44. The zero-order valence-electron chi connectivity index (χ0n) is 9.01. The summed E-state index contributed by atoms with van der Waals surface area (Å²) in [6.45, 7) is 1.75. The topological polar surface area (TPSA) is 49.7 Å². The Hall–Kier alpha value is -1.36. The molecule has 0 aromatic heterocycles. The molecule has 0 aliphatic rings. The maximum absolute atomic E-state index is 11.7. The lowest BCUT2D eigenvalue weighted by molar-refractivity contribution is 0.594. The van der Waals surface area contributed by atoms with Gasteiger partial charge in [0.1, 0.15) is 6.34 Å². The second-order valence-electron chi connectivity index (χ2n) is 3.43. The molecule has 82 valence electrons. The molecular formula is C10H14N2O2S. The van der Waals surface area contributed by atoms with Gasteiger partial charge in [-0.2, -0.15) is 8.42 Å². The summed E-state index contributed by atoms with van der Waals surface area (Å²) >= 11 is 0. The molecule has 4 nitrogen and oxygen atoms in total. The van der Waals surface area contributed by atoms with Gasteiger partial charge in [-0.15, -0.1) is 4.40 Å². The van der Waals surface area contributed by atoms with Gasteiger partial charge in [0.05, 0.1) is 4.90 Å². The van der Waals surface area contributed by atoms with Crippen LogP contribution in [0, 0.1) is 6.92 Å².